The van der Waals surface area contributed by atoms with Gasteiger partial charge in [-0.25, -0.2) is 5.48 Å². The van der Waals surface area contributed by atoms with Crippen LogP contribution in [0.15, 0.2) is 89.9 Å². The van der Waals surface area contributed by atoms with Crippen molar-refractivity contribution in [1.82, 2.24) is 5.48 Å². The van der Waals surface area contributed by atoms with Gasteiger partial charge >= 0.3 is 0 Å². The maximum Gasteiger partial charge on any atom is 0.267 e. The number of nitrogens with zero attached hydrogens (tertiary/aromatic N) is 1. The van der Waals surface area contributed by atoms with Gasteiger partial charge in [0.2, 0.25) is 0 Å². The zero-order valence-electron chi connectivity index (χ0n) is 17.1. The molecule has 0 aliphatic rings. The fraction of sp³-hybridized carbons (Fsp3) is 0.154. The Labute approximate surface area is 177 Å². The Balaban J connectivity index is 1.73. The molecular formula is C26H26N2O2. The highest BCUT2D eigenvalue weighted by Gasteiger charge is 2.04. The molecule has 152 valence electrons. The summed E-state index contributed by atoms with van der Waals surface area (Å²) in [6, 6.07) is 26.6. The molecule has 2 N–H and O–H groups in total. The van der Waals surface area contributed by atoms with Gasteiger partial charge in [-0.05, 0) is 66.6 Å². The number of nitrogens with one attached hydrogen (secondary N) is 1. The molecule has 0 fully saturated rings. The van der Waals surface area contributed by atoms with Crippen LogP contribution in [0.5, 0.6) is 0 Å². The molecule has 0 aliphatic heterocycles. The smallest absolute Gasteiger partial charge is 0.267 e. The summed E-state index contributed by atoms with van der Waals surface area (Å²) in [5.41, 5.74) is 7.93. The summed E-state index contributed by atoms with van der Waals surface area (Å²) >= 11 is 0. The molecule has 0 aromatic heterocycles. The van der Waals surface area contributed by atoms with Crippen molar-refractivity contribution in [3.05, 3.63) is 107 Å². The number of hydrogen-bond donors (Lipinski definition) is 2. The summed E-state index contributed by atoms with van der Waals surface area (Å²) < 4.78 is 0. The molecule has 3 rings (SSSR count). The van der Waals surface area contributed by atoms with Crippen LogP contribution in [0, 0.1) is 0 Å². The molecular weight excluding hydrogens is 372 g/mol. The maximum atomic E-state index is 11.2. The first-order valence-corrected chi connectivity index (χ1v) is 10.1. The summed E-state index contributed by atoms with van der Waals surface area (Å²) in [4.78, 5) is 16.1. The maximum absolute atomic E-state index is 11.2. The van der Waals surface area contributed by atoms with Gasteiger partial charge in [-0.2, -0.15) is 0 Å². The molecule has 0 bridgehead atoms. The lowest BCUT2D eigenvalue weighted by Gasteiger charge is -2.08. The van der Waals surface area contributed by atoms with Gasteiger partial charge in [0, 0.05) is 11.8 Å². The van der Waals surface area contributed by atoms with Gasteiger partial charge in [-0.3, -0.25) is 15.0 Å². The largest absolute Gasteiger partial charge is 0.288 e. The summed E-state index contributed by atoms with van der Waals surface area (Å²) in [6.45, 7) is 1.99. The van der Waals surface area contributed by atoms with Crippen molar-refractivity contribution in [2.24, 2.45) is 4.99 Å². The highest BCUT2D eigenvalue weighted by molar-refractivity contribution is 6.01. The second kappa shape index (κ2) is 10.9. The zero-order valence-corrected chi connectivity index (χ0v) is 17.1. The van der Waals surface area contributed by atoms with Crippen LogP contribution in [-0.2, 0) is 17.6 Å². The average molecular weight is 399 g/mol. The third kappa shape index (κ3) is 6.26. The molecule has 0 unspecified atom stereocenters. The molecule has 1 amide bonds. The molecule has 0 radical (unpaired) electrons. The number of para-hydroxylation sites is 1. The minimum atomic E-state index is -0.560. The van der Waals surface area contributed by atoms with Crippen molar-refractivity contribution < 1.29 is 10.0 Å². The predicted molar refractivity (Wildman–Crippen MR) is 122 cm³/mol. The van der Waals surface area contributed by atoms with E-state index in [1.807, 2.05) is 43.3 Å². The molecule has 4 heteroatoms. The Bertz CT molecular complexity index is 1040. The van der Waals surface area contributed by atoms with Crippen molar-refractivity contribution in [2.45, 2.75) is 26.2 Å². The average Bonchev–Trinajstić information content (AvgIpc) is 2.79. The molecule has 3 aromatic rings. The van der Waals surface area contributed by atoms with E-state index in [9.17, 15) is 4.79 Å². The standard InChI is InChI=1S/C26H26N2O2/c1-20(24-15-8-12-22(19-24)17-18-26(29)28-30)27-25-16-6-5-13-23(25)14-7-11-21-9-3-2-4-10-21/h2-6,8-10,12-13,15-19,30H,7,11,14H2,1H3,(H,28,29)/b18-17+,27-20+. The first-order chi connectivity index (χ1) is 14.7. The van der Waals surface area contributed by atoms with Gasteiger partial charge < -0.3 is 0 Å². The van der Waals surface area contributed by atoms with Crippen molar-refractivity contribution in [2.75, 3.05) is 0 Å². The lowest BCUT2D eigenvalue weighted by atomic mass is 10.0. The molecule has 3 aromatic carbocycles. The van der Waals surface area contributed by atoms with Crippen LogP contribution < -0.4 is 5.48 Å². The van der Waals surface area contributed by atoms with E-state index in [2.05, 4.69) is 42.5 Å². The van der Waals surface area contributed by atoms with Gasteiger partial charge in [0.15, 0.2) is 0 Å². The van der Waals surface area contributed by atoms with Gasteiger partial charge in [-0.15, -0.1) is 0 Å². The number of aryl methyl sites for hydroxylation is 2. The molecule has 4 nitrogen and oxygen atoms in total. The number of amides is 1. The third-order valence-corrected chi connectivity index (χ3v) is 4.88. The van der Waals surface area contributed by atoms with E-state index in [1.54, 1.807) is 11.6 Å². The van der Waals surface area contributed by atoms with Gasteiger partial charge in [0.25, 0.3) is 5.91 Å². The highest BCUT2D eigenvalue weighted by atomic mass is 16.5. The quantitative estimate of drug-likeness (QED) is 0.227. The Morgan fingerprint density at radius 3 is 2.53 bits per heavy atom. The van der Waals surface area contributed by atoms with Crippen molar-refractivity contribution >= 4 is 23.4 Å². The van der Waals surface area contributed by atoms with Crippen molar-refractivity contribution in [3.8, 4) is 0 Å². The van der Waals surface area contributed by atoms with E-state index in [0.717, 1.165) is 41.8 Å². The number of carbonyl (C=O) groups excluding carboxylic acids is 1. The van der Waals surface area contributed by atoms with Crippen LogP contribution in [-0.4, -0.2) is 16.8 Å². The fourth-order valence-corrected chi connectivity index (χ4v) is 3.28. The van der Waals surface area contributed by atoms with E-state index >= 15 is 0 Å². The first kappa shape index (κ1) is 21.2. The molecule has 0 spiro atoms. The topological polar surface area (TPSA) is 61.7 Å². The first-order valence-electron chi connectivity index (χ1n) is 10.1. The second-order valence-corrected chi connectivity index (χ2v) is 7.10. The summed E-state index contributed by atoms with van der Waals surface area (Å²) in [7, 11) is 0. The van der Waals surface area contributed by atoms with Crippen LogP contribution in [0.1, 0.15) is 35.6 Å². The molecule has 30 heavy (non-hydrogen) atoms. The van der Waals surface area contributed by atoms with E-state index < -0.39 is 5.91 Å². The number of aliphatic imine (C=N–C) groups is 1. The number of hydrogen-bond acceptors (Lipinski definition) is 3. The number of carbonyl (C=O) groups is 1. The molecule has 0 saturated carbocycles. The van der Waals surface area contributed by atoms with E-state index in [-0.39, 0.29) is 0 Å². The van der Waals surface area contributed by atoms with Crippen LogP contribution >= 0.6 is 0 Å². The van der Waals surface area contributed by atoms with E-state index in [4.69, 9.17) is 10.2 Å². The normalized spacial score (nSPS) is 11.6. The molecule has 0 atom stereocenters. The highest BCUT2D eigenvalue weighted by Crippen LogP contribution is 2.22. The number of hydroxylamine groups is 1. The van der Waals surface area contributed by atoms with Crippen LogP contribution in [0.25, 0.3) is 6.08 Å². The monoisotopic (exact) mass is 398 g/mol. The predicted octanol–water partition coefficient (Wildman–Crippen LogP) is 5.52. The molecule has 0 heterocycles. The van der Waals surface area contributed by atoms with E-state index in [1.165, 1.54) is 17.2 Å². The van der Waals surface area contributed by atoms with Crippen LogP contribution in [0.2, 0.25) is 0 Å². The summed E-state index contributed by atoms with van der Waals surface area (Å²) in [5.74, 6) is -0.560. The van der Waals surface area contributed by atoms with Crippen LogP contribution in [0.3, 0.4) is 0 Å². The van der Waals surface area contributed by atoms with Crippen LogP contribution in [0.4, 0.5) is 5.69 Å². The SMILES string of the molecule is C/C(=N\c1ccccc1CCCc1ccccc1)c1cccc(/C=C/C(=O)NO)c1. The Morgan fingerprint density at radius 2 is 1.73 bits per heavy atom. The number of benzene rings is 3. The lowest BCUT2D eigenvalue weighted by molar-refractivity contribution is -0.124. The Hall–Kier alpha value is -3.50. The van der Waals surface area contributed by atoms with E-state index in [0.29, 0.717) is 0 Å². The van der Waals surface area contributed by atoms with Gasteiger partial charge in [-0.1, -0.05) is 66.7 Å². The summed E-state index contributed by atoms with van der Waals surface area (Å²) in [6.07, 6.45) is 6.03. The molecule has 0 saturated heterocycles. The second-order valence-electron chi connectivity index (χ2n) is 7.10. The molecule has 0 aliphatic carbocycles. The summed E-state index contributed by atoms with van der Waals surface area (Å²) in [5, 5.41) is 8.60. The number of rotatable bonds is 8. The van der Waals surface area contributed by atoms with Gasteiger partial charge in [0.05, 0.1) is 5.69 Å². The van der Waals surface area contributed by atoms with Crippen molar-refractivity contribution in [1.29, 1.82) is 0 Å². The Kier molecular flexibility index (Phi) is 7.70. The van der Waals surface area contributed by atoms with Crippen molar-refractivity contribution in [3.63, 3.8) is 0 Å². The lowest BCUT2D eigenvalue weighted by Crippen LogP contribution is -2.14. The Morgan fingerprint density at radius 1 is 0.967 bits per heavy atom. The minimum absolute atomic E-state index is 0.560. The third-order valence-electron chi connectivity index (χ3n) is 4.88. The minimum Gasteiger partial charge on any atom is -0.288 e. The fourth-order valence-electron chi connectivity index (χ4n) is 3.28. The zero-order chi connectivity index (χ0) is 21.2. The van der Waals surface area contributed by atoms with Gasteiger partial charge in [0.1, 0.15) is 0 Å².